The molecule has 4 nitrogen and oxygen atoms in total. The van der Waals surface area contributed by atoms with Gasteiger partial charge in [0.2, 0.25) is 0 Å². The fourth-order valence-electron chi connectivity index (χ4n) is 1.23. The summed E-state index contributed by atoms with van der Waals surface area (Å²) < 4.78 is 13.4. The molecule has 6 heteroatoms. The maximum absolute atomic E-state index is 13.4. The minimum Gasteiger partial charge on any atom is -0.370 e. The lowest BCUT2D eigenvalue weighted by atomic mass is 10.1. The van der Waals surface area contributed by atoms with Gasteiger partial charge in [-0.15, -0.1) is 24.0 Å². The van der Waals surface area contributed by atoms with Crippen LogP contribution in [0, 0.1) is 17.1 Å². The van der Waals surface area contributed by atoms with E-state index in [1.54, 1.807) is 0 Å². The molecule has 0 aliphatic rings. The maximum Gasteiger partial charge on any atom is 0.189 e. The Labute approximate surface area is 129 Å². The molecule has 0 radical (unpaired) electrons. The van der Waals surface area contributed by atoms with Crippen LogP contribution < -0.4 is 11.1 Å². The lowest BCUT2D eigenvalue weighted by Crippen LogP contribution is -2.32. The van der Waals surface area contributed by atoms with Crippen LogP contribution in [0.25, 0.3) is 0 Å². The Bertz CT molecular complexity index is 520. The summed E-state index contributed by atoms with van der Waals surface area (Å²) in [5.41, 5.74) is 7.26. The summed E-state index contributed by atoms with van der Waals surface area (Å²) >= 11 is 0. The molecule has 1 rings (SSSR count). The van der Waals surface area contributed by atoms with Gasteiger partial charge in [-0.3, -0.25) is 0 Å². The molecule has 102 valence electrons. The van der Waals surface area contributed by atoms with Crippen LogP contribution in [0.1, 0.15) is 18.1 Å². The third kappa shape index (κ3) is 6.20. The number of nitrogens with two attached hydrogens (primary N) is 1. The first-order chi connectivity index (χ1) is 8.52. The van der Waals surface area contributed by atoms with Crippen molar-refractivity contribution in [2.24, 2.45) is 10.7 Å². The smallest absolute Gasteiger partial charge is 0.189 e. The Kier molecular flexibility index (Phi) is 7.75. The zero-order valence-electron chi connectivity index (χ0n) is 10.6. The number of nitrogens with zero attached hydrogens (tertiary/aromatic N) is 2. The van der Waals surface area contributed by atoms with Gasteiger partial charge in [-0.25, -0.2) is 9.38 Å². The van der Waals surface area contributed by atoms with Crippen molar-refractivity contribution in [3.05, 3.63) is 47.3 Å². The normalized spacial score (nSPS) is 10.3. The molecule has 0 bridgehead atoms. The Balaban J connectivity index is 0.00000324. The van der Waals surface area contributed by atoms with Gasteiger partial charge in [0.15, 0.2) is 5.96 Å². The van der Waals surface area contributed by atoms with E-state index in [1.807, 2.05) is 13.0 Å². The van der Waals surface area contributed by atoms with Gasteiger partial charge in [0.05, 0.1) is 18.2 Å². The Morgan fingerprint density at radius 1 is 1.58 bits per heavy atom. The minimum absolute atomic E-state index is 0. The summed E-state index contributed by atoms with van der Waals surface area (Å²) in [5.74, 6) is -0.176. The molecule has 0 aromatic heterocycles. The van der Waals surface area contributed by atoms with Crippen LogP contribution >= 0.6 is 24.0 Å². The molecule has 0 saturated carbocycles. The van der Waals surface area contributed by atoms with E-state index >= 15 is 0 Å². The van der Waals surface area contributed by atoms with Crippen LogP contribution in [0.3, 0.4) is 0 Å². The molecular formula is C13H16FIN4. The second-order valence-corrected chi connectivity index (χ2v) is 3.93. The first kappa shape index (κ1) is 17.4. The summed E-state index contributed by atoms with van der Waals surface area (Å²) in [7, 11) is 0. The zero-order chi connectivity index (χ0) is 13.5. The van der Waals surface area contributed by atoms with Crippen molar-refractivity contribution in [2.75, 3.05) is 6.54 Å². The minimum atomic E-state index is -0.398. The highest BCUT2D eigenvalue weighted by atomic mass is 127. The molecule has 0 heterocycles. The third-order valence-corrected chi connectivity index (χ3v) is 2.17. The number of hydrogen-bond acceptors (Lipinski definition) is 2. The number of hydrogen-bond donors (Lipinski definition) is 2. The Hall–Kier alpha value is -1.62. The third-order valence-electron chi connectivity index (χ3n) is 2.17. The summed E-state index contributed by atoms with van der Waals surface area (Å²) in [6.45, 7) is 6.19. The van der Waals surface area contributed by atoms with Crippen molar-refractivity contribution in [1.29, 1.82) is 5.26 Å². The molecule has 3 N–H and O–H groups in total. The lowest BCUT2D eigenvalue weighted by molar-refractivity contribution is 0.610. The van der Waals surface area contributed by atoms with E-state index in [2.05, 4.69) is 16.9 Å². The molecule has 0 unspecified atom stereocenters. The molecule has 1 aromatic rings. The van der Waals surface area contributed by atoms with E-state index in [9.17, 15) is 4.39 Å². The summed E-state index contributed by atoms with van der Waals surface area (Å²) in [6.07, 6.45) is 0. The standard InChI is InChI=1S/C13H15FN4.HI/c1-9(2)7-17-13(16)18-8-11-5-10(6-15)3-4-12(11)14;/h3-5H,1,7-8H2,2H3,(H3,16,17,18);1H. The average Bonchev–Trinajstić information content (AvgIpc) is 2.35. The highest BCUT2D eigenvalue weighted by Crippen LogP contribution is 2.11. The van der Waals surface area contributed by atoms with Crippen molar-refractivity contribution in [2.45, 2.75) is 13.5 Å². The molecule has 0 aliphatic heterocycles. The summed E-state index contributed by atoms with van der Waals surface area (Å²) in [4.78, 5) is 4.00. The predicted molar refractivity (Wildman–Crippen MR) is 84.7 cm³/mol. The SMILES string of the molecule is C=C(C)CNC(N)=NCc1cc(C#N)ccc1F.I. The lowest BCUT2D eigenvalue weighted by Gasteiger charge is -2.05. The highest BCUT2D eigenvalue weighted by molar-refractivity contribution is 14.0. The van der Waals surface area contributed by atoms with Crippen LogP contribution in [-0.4, -0.2) is 12.5 Å². The van der Waals surface area contributed by atoms with Gasteiger partial charge in [0.25, 0.3) is 0 Å². The largest absolute Gasteiger partial charge is 0.370 e. The Morgan fingerprint density at radius 2 is 2.26 bits per heavy atom. The van der Waals surface area contributed by atoms with Gasteiger partial charge in [-0.1, -0.05) is 12.2 Å². The van der Waals surface area contributed by atoms with Crippen LogP contribution in [0.15, 0.2) is 35.3 Å². The molecule has 19 heavy (non-hydrogen) atoms. The molecule has 1 aromatic carbocycles. The van der Waals surface area contributed by atoms with Crippen LogP contribution in [0.5, 0.6) is 0 Å². The Morgan fingerprint density at radius 3 is 2.84 bits per heavy atom. The molecule has 0 atom stereocenters. The number of guanidine groups is 1. The first-order valence-corrected chi connectivity index (χ1v) is 5.39. The van der Waals surface area contributed by atoms with Crippen LogP contribution in [0.4, 0.5) is 4.39 Å². The summed E-state index contributed by atoms with van der Waals surface area (Å²) in [6, 6.07) is 6.08. The number of aliphatic imine (C=N–C) groups is 1. The zero-order valence-corrected chi connectivity index (χ0v) is 12.9. The fraction of sp³-hybridized carbons (Fsp3) is 0.231. The van der Waals surface area contributed by atoms with Crippen LogP contribution in [0.2, 0.25) is 0 Å². The molecular weight excluding hydrogens is 358 g/mol. The maximum atomic E-state index is 13.4. The highest BCUT2D eigenvalue weighted by Gasteiger charge is 2.03. The van der Waals surface area contributed by atoms with Gasteiger partial charge < -0.3 is 11.1 Å². The van der Waals surface area contributed by atoms with Gasteiger partial charge in [0.1, 0.15) is 5.82 Å². The van der Waals surface area contributed by atoms with Gasteiger partial charge >= 0.3 is 0 Å². The van der Waals surface area contributed by atoms with Gasteiger partial charge in [-0.2, -0.15) is 5.26 Å². The molecule has 0 amide bonds. The van der Waals surface area contributed by atoms with E-state index in [1.165, 1.54) is 18.2 Å². The van der Waals surface area contributed by atoms with Crippen molar-refractivity contribution in [1.82, 2.24) is 5.32 Å². The quantitative estimate of drug-likeness (QED) is 0.368. The fourth-order valence-corrected chi connectivity index (χ4v) is 1.23. The predicted octanol–water partition coefficient (Wildman–Crippen LogP) is 2.30. The van der Waals surface area contributed by atoms with Gasteiger partial charge in [0, 0.05) is 12.1 Å². The van der Waals surface area contributed by atoms with Crippen molar-refractivity contribution < 1.29 is 4.39 Å². The average molecular weight is 374 g/mol. The molecule has 0 fully saturated rings. The number of nitriles is 1. The van der Waals surface area contributed by atoms with E-state index in [0.29, 0.717) is 17.7 Å². The van der Waals surface area contributed by atoms with Gasteiger partial charge in [-0.05, 0) is 25.1 Å². The first-order valence-electron chi connectivity index (χ1n) is 5.39. The second-order valence-electron chi connectivity index (χ2n) is 3.93. The molecule has 0 saturated heterocycles. The van der Waals surface area contributed by atoms with E-state index < -0.39 is 5.82 Å². The monoisotopic (exact) mass is 374 g/mol. The molecule has 0 aliphatic carbocycles. The number of nitrogens with one attached hydrogen (secondary N) is 1. The second kappa shape index (κ2) is 8.48. The topological polar surface area (TPSA) is 74.2 Å². The summed E-state index contributed by atoms with van der Waals surface area (Å²) in [5, 5.41) is 11.6. The van der Waals surface area contributed by atoms with Crippen LogP contribution in [-0.2, 0) is 6.54 Å². The number of benzene rings is 1. The van der Waals surface area contributed by atoms with Crippen molar-refractivity contribution in [3.8, 4) is 6.07 Å². The van der Waals surface area contributed by atoms with E-state index in [0.717, 1.165) is 5.57 Å². The molecule has 0 spiro atoms. The number of rotatable bonds is 4. The van der Waals surface area contributed by atoms with E-state index in [-0.39, 0.29) is 36.5 Å². The van der Waals surface area contributed by atoms with E-state index in [4.69, 9.17) is 11.0 Å². The van der Waals surface area contributed by atoms with Crippen molar-refractivity contribution >= 4 is 29.9 Å². The number of halogens is 2. The van der Waals surface area contributed by atoms with Crippen molar-refractivity contribution in [3.63, 3.8) is 0 Å².